The second-order valence-electron chi connectivity index (χ2n) is 6.28. The summed E-state index contributed by atoms with van der Waals surface area (Å²) < 4.78 is 15.2. The molecule has 6 nitrogen and oxygen atoms in total. The van der Waals surface area contributed by atoms with Crippen molar-refractivity contribution in [1.29, 1.82) is 0 Å². The minimum absolute atomic E-state index is 0.138. The fourth-order valence-electron chi connectivity index (χ4n) is 2.45. The maximum absolute atomic E-state index is 13.6. The number of nitrogens with one attached hydrogen (secondary N) is 1. The summed E-state index contributed by atoms with van der Waals surface area (Å²) in [5, 5.41) is 14.9. The number of carbonyl (C=O) groups is 1. The van der Waals surface area contributed by atoms with E-state index in [4.69, 9.17) is 0 Å². The molecule has 2 aromatic carbocycles. The number of carbonyl (C=O) groups excluding carboxylic acids is 1. The number of benzene rings is 2. The van der Waals surface area contributed by atoms with Gasteiger partial charge in [0.05, 0.1) is 11.4 Å². The highest BCUT2D eigenvalue weighted by molar-refractivity contribution is 7.99. The molecule has 0 spiro atoms. The van der Waals surface area contributed by atoms with Gasteiger partial charge in [0, 0.05) is 12.1 Å². The third-order valence-corrected chi connectivity index (χ3v) is 4.93. The molecular formula is C19H20FN5OS. The zero-order valence-electron chi connectivity index (χ0n) is 15.1. The smallest absolute Gasteiger partial charge is 0.230 e. The van der Waals surface area contributed by atoms with Gasteiger partial charge in [-0.15, -0.1) is 5.10 Å². The molecule has 140 valence electrons. The number of nitrogens with zero attached hydrogens (tertiary/aromatic N) is 4. The van der Waals surface area contributed by atoms with Crippen molar-refractivity contribution >= 4 is 17.7 Å². The second kappa shape index (κ2) is 8.77. The summed E-state index contributed by atoms with van der Waals surface area (Å²) in [6.45, 7) is 4.41. The zero-order chi connectivity index (χ0) is 19.2. The van der Waals surface area contributed by atoms with Gasteiger partial charge in [0.25, 0.3) is 0 Å². The van der Waals surface area contributed by atoms with Gasteiger partial charge >= 0.3 is 0 Å². The summed E-state index contributed by atoms with van der Waals surface area (Å²) in [6, 6.07) is 14.3. The third kappa shape index (κ3) is 4.91. The van der Waals surface area contributed by atoms with Crippen LogP contribution < -0.4 is 5.32 Å². The number of aromatic nitrogens is 4. The van der Waals surface area contributed by atoms with Crippen molar-refractivity contribution < 1.29 is 9.18 Å². The molecule has 0 fully saturated rings. The number of halogens is 1. The van der Waals surface area contributed by atoms with E-state index in [1.165, 1.54) is 23.4 Å². The average molecular weight is 385 g/mol. The van der Waals surface area contributed by atoms with Crippen LogP contribution in [0.1, 0.15) is 30.9 Å². The summed E-state index contributed by atoms with van der Waals surface area (Å²) in [4.78, 5) is 12.1. The molecule has 0 aliphatic heterocycles. The van der Waals surface area contributed by atoms with Gasteiger partial charge < -0.3 is 5.32 Å². The predicted octanol–water partition coefficient (Wildman–Crippen LogP) is 3.33. The Morgan fingerprint density at radius 3 is 2.63 bits per heavy atom. The Labute approximate surface area is 161 Å². The molecule has 27 heavy (non-hydrogen) atoms. The molecule has 0 aliphatic carbocycles. The molecule has 0 unspecified atom stereocenters. The summed E-state index contributed by atoms with van der Waals surface area (Å²) in [6.07, 6.45) is 0. The quantitative estimate of drug-likeness (QED) is 0.632. The number of amides is 1. The van der Waals surface area contributed by atoms with Gasteiger partial charge in [-0.1, -0.05) is 55.9 Å². The fraction of sp³-hybridized carbons (Fsp3) is 0.263. The lowest BCUT2D eigenvalue weighted by Gasteiger charge is -2.08. The summed E-state index contributed by atoms with van der Waals surface area (Å²) in [7, 11) is 0. The van der Waals surface area contributed by atoms with Gasteiger partial charge in [-0.25, -0.2) is 4.39 Å². The third-order valence-electron chi connectivity index (χ3n) is 4.01. The van der Waals surface area contributed by atoms with Crippen LogP contribution in [0.15, 0.2) is 53.7 Å². The van der Waals surface area contributed by atoms with Crippen molar-refractivity contribution in [3.05, 3.63) is 65.5 Å². The van der Waals surface area contributed by atoms with Crippen LogP contribution in [-0.4, -0.2) is 31.9 Å². The lowest BCUT2D eigenvalue weighted by molar-refractivity contribution is -0.118. The highest BCUT2D eigenvalue weighted by atomic mass is 32.2. The van der Waals surface area contributed by atoms with E-state index in [9.17, 15) is 9.18 Å². The summed E-state index contributed by atoms with van der Waals surface area (Å²) >= 11 is 1.23. The Kier molecular flexibility index (Phi) is 6.18. The average Bonchev–Trinajstić information content (AvgIpc) is 3.14. The van der Waals surface area contributed by atoms with E-state index in [1.807, 2.05) is 24.3 Å². The molecule has 1 heterocycles. The SMILES string of the molecule is CC(C)c1ccc(-n2nnnc2SCC(=O)NCc2ccccc2F)cc1. The Morgan fingerprint density at radius 1 is 1.19 bits per heavy atom. The molecule has 1 aromatic heterocycles. The van der Waals surface area contributed by atoms with E-state index in [2.05, 4.69) is 34.7 Å². The van der Waals surface area contributed by atoms with Crippen molar-refractivity contribution in [1.82, 2.24) is 25.5 Å². The van der Waals surface area contributed by atoms with Crippen LogP contribution in [0.2, 0.25) is 0 Å². The van der Waals surface area contributed by atoms with Crippen molar-refractivity contribution in [2.45, 2.75) is 31.5 Å². The van der Waals surface area contributed by atoms with Crippen molar-refractivity contribution in [3.63, 3.8) is 0 Å². The van der Waals surface area contributed by atoms with Gasteiger partial charge in [0.1, 0.15) is 5.82 Å². The van der Waals surface area contributed by atoms with E-state index in [1.54, 1.807) is 22.9 Å². The van der Waals surface area contributed by atoms with Crippen LogP contribution in [0.3, 0.4) is 0 Å². The van der Waals surface area contributed by atoms with Crippen LogP contribution in [0.4, 0.5) is 4.39 Å². The van der Waals surface area contributed by atoms with Crippen molar-refractivity contribution in [2.75, 3.05) is 5.75 Å². The molecule has 1 amide bonds. The molecule has 3 aromatic rings. The maximum Gasteiger partial charge on any atom is 0.230 e. The molecular weight excluding hydrogens is 365 g/mol. The van der Waals surface area contributed by atoms with Crippen molar-refractivity contribution in [2.24, 2.45) is 0 Å². The van der Waals surface area contributed by atoms with Crippen LogP contribution in [0, 0.1) is 5.82 Å². The second-order valence-corrected chi connectivity index (χ2v) is 7.22. The Bertz CT molecular complexity index is 910. The first-order valence-electron chi connectivity index (χ1n) is 8.56. The topological polar surface area (TPSA) is 72.7 Å². The first-order chi connectivity index (χ1) is 13.0. The van der Waals surface area contributed by atoms with Gasteiger partial charge in [-0.2, -0.15) is 4.68 Å². The van der Waals surface area contributed by atoms with E-state index < -0.39 is 0 Å². The number of thioether (sulfide) groups is 1. The lowest BCUT2D eigenvalue weighted by atomic mass is 10.0. The van der Waals surface area contributed by atoms with Gasteiger partial charge in [0.15, 0.2) is 0 Å². The standard InChI is InChI=1S/C19H20FN5OS/c1-13(2)14-7-9-16(10-8-14)25-19(22-23-24-25)27-12-18(26)21-11-15-5-3-4-6-17(15)20/h3-10,13H,11-12H2,1-2H3,(H,21,26). The molecule has 3 rings (SSSR count). The molecule has 0 radical (unpaired) electrons. The zero-order valence-corrected chi connectivity index (χ0v) is 15.9. The molecule has 0 saturated carbocycles. The monoisotopic (exact) mass is 385 g/mol. The fourth-order valence-corrected chi connectivity index (χ4v) is 3.17. The predicted molar refractivity (Wildman–Crippen MR) is 102 cm³/mol. The molecule has 1 N–H and O–H groups in total. The largest absolute Gasteiger partial charge is 0.351 e. The number of tetrazole rings is 1. The Hall–Kier alpha value is -2.74. The first kappa shape index (κ1) is 19.0. The molecule has 0 atom stereocenters. The lowest BCUT2D eigenvalue weighted by Crippen LogP contribution is -2.25. The Balaban J connectivity index is 1.58. The normalized spacial score (nSPS) is 11.0. The Morgan fingerprint density at radius 2 is 1.93 bits per heavy atom. The number of rotatable bonds is 7. The van der Waals surface area contributed by atoms with E-state index >= 15 is 0 Å². The van der Waals surface area contributed by atoms with E-state index in [0.717, 1.165) is 5.69 Å². The number of hydrogen-bond donors (Lipinski definition) is 1. The highest BCUT2D eigenvalue weighted by Gasteiger charge is 2.12. The minimum atomic E-state index is -0.334. The molecule has 0 saturated heterocycles. The highest BCUT2D eigenvalue weighted by Crippen LogP contribution is 2.20. The van der Waals surface area contributed by atoms with Gasteiger partial charge in [-0.3, -0.25) is 4.79 Å². The summed E-state index contributed by atoms with van der Waals surface area (Å²) in [5.74, 6) is 0.0333. The summed E-state index contributed by atoms with van der Waals surface area (Å²) in [5.41, 5.74) is 2.51. The maximum atomic E-state index is 13.6. The molecule has 0 aliphatic rings. The van der Waals surface area contributed by atoms with Gasteiger partial charge in [-0.05, 0) is 40.1 Å². The van der Waals surface area contributed by atoms with Crippen LogP contribution in [0.5, 0.6) is 0 Å². The minimum Gasteiger partial charge on any atom is -0.351 e. The van der Waals surface area contributed by atoms with E-state index in [0.29, 0.717) is 16.6 Å². The van der Waals surface area contributed by atoms with Crippen LogP contribution in [0.25, 0.3) is 5.69 Å². The van der Waals surface area contributed by atoms with Gasteiger partial charge in [0.2, 0.25) is 11.1 Å². The van der Waals surface area contributed by atoms with Crippen LogP contribution >= 0.6 is 11.8 Å². The van der Waals surface area contributed by atoms with E-state index in [-0.39, 0.29) is 24.0 Å². The molecule has 0 bridgehead atoms. The number of hydrogen-bond acceptors (Lipinski definition) is 5. The van der Waals surface area contributed by atoms with Crippen LogP contribution in [-0.2, 0) is 11.3 Å². The van der Waals surface area contributed by atoms with Crippen molar-refractivity contribution in [3.8, 4) is 5.69 Å². The first-order valence-corrected chi connectivity index (χ1v) is 9.55. The molecule has 8 heteroatoms.